The van der Waals surface area contributed by atoms with Crippen LogP contribution in [0.4, 0.5) is 0 Å². The van der Waals surface area contributed by atoms with Crippen molar-refractivity contribution in [1.82, 2.24) is 5.32 Å². The highest BCUT2D eigenvalue weighted by atomic mass is 32.2. The summed E-state index contributed by atoms with van der Waals surface area (Å²) < 4.78 is 23.0. The molecule has 0 aliphatic heterocycles. The third kappa shape index (κ3) is 4.58. The Morgan fingerprint density at radius 2 is 1.85 bits per heavy atom. The number of benzene rings is 1. The smallest absolute Gasteiger partial charge is 0.238 e. The van der Waals surface area contributed by atoms with Gasteiger partial charge in [-0.2, -0.15) is 0 Å². The Balaban J connectivity index is 1.82. The SMILES string of the molecule is NS(=O)(=O)c1ccccc1CNCCC1CCCCC1. The van der Waals surface area contributed by atoms with Gasteiger partial charge in [0.15, 0.2) is 0 Å². The van der Waals surface area contributed by atoms with Crippen molar-refractivity contribution in [3.8, 4) is 0 Å². The van der Waals surface area contributed by atoms with E-state index in [1.165, 1.54) is 38.5 Å². The summed E-state index contributed by atoms with van der Waals surface area (Å²) in [4.78, 5) is 0.227. The van der Waals surface area contributed by atoms with Gasteiger partial charge < -0.3 is 5.32 Å². The van der Waals surface area contributed by atoms with Crippen molar-refractivity contribution in [1.29, 1.82) is 0 Å². The monoisotopic (exact) mass is 296 g/mol. The van der Waals surface area contributed by atoms with Crippen LogP contribution in [0.25, 0.3) is 0 Å². The zero-order valence-corrected chi connectivity index (χ0v) is 12.7. The lowest BCUT2D eigenvalue weighted by Gasteiger charge is -2.21. The third-order valence-electron chi connectivity index (χ3n) is 4.05. The molecule has 0 spiro atoms. The van der Waals surface area contributed by atoms with Crippen LogP contribution in [0.5, 0.6) is 0 Å². The van der Waals surface area contributed by atoms with Crippen molar-refractivity contribution in [3.63, 3.8) is 0 Å². The maximum absolute atomic E-state index is 11.5. The van der Waals surface area contributed by atoms with Gasteiger partial charge in [0.2, 0.25) is 10.0 Å². The van der Waals surface area contributed by atoms with E-state index in [4.69, 9.17) is 5.14 Å². The minimum atomic E-state index is -3.63. The molecule has 1 fully saturated rings. The van der Waals surface area contributed by atoms with E-state index in [0.717, 1.165) is 18.0 Å². The minimum absolute atomic E-state index is 0.227. The molecule has 1 aliphatic rings. The van der Waals surface area contributed by atoms with E-state index in [9.17, 15) is 8.42 Å². The lowest BCUT2D eigenvalue weighted by molar-refractivity contribution is 0.333. The molecule has 0 radical (unpaired) electrons. The number of hydrogen-bond donors (Lipinski definition) is 2. The fraction of sp³-hybridized carbons (Fsp3) is 0.600. The van der Waals surface area contributed by atoms with Crippen LogP contribution in [0.3, 0.4) is 0 Å². The van der Waals surface area contributed by atoms with Crippen LogP contribution in [0.2, 0.25) is 0 Å². The Hall–Kier alpha value is -0.910. The fourth-order valence-electron chi connectivity index (χ4n) is 2.93. The summed E-state index contributed by atoms with van der Waals surface area (Å²) in [6.07, 6.45) is 7.96. The Morgan fingerprint density at radius 1 is 1.15 bits per heavy atom. The summed E-state index contributed by atoms with van der Waals surface area (Å²) in [5.74, 6) is 0.838. The van der Waals surface area contributed by atoms with Crippen molar-refractivity contribution in [2.24, 2.45) is 11.1 Å². The lowest BCUT2D eigenvalue weighted by atomic mass is 9.87. The van der Waals surface area contributed by atoms with E-state index in [1.807, 2.05) is 12.1 Å². The van der Waals surface area contributed by atoms with Gasteiger partial charge in [0.05, 0.1) is 4.90 Å². The van der Waals surface area contributed by atoms with Crippen LogP contribution < -0.4 is 10.5 Å². The van der Waals surface area contributed by atoms with Gasteiger partial charge in [0.25, 0.3) is 0 Å². The van der Waals surface area contributed by atoms with Gasteiger partial charge in [-0.15, -0.1) is 0 Å². The number of rotatable bonds is 6. The number of primary sulfonamides is 1. The number of nitrogens with one attached hydrogen (secondary N) is 1. The summed E-state index contributed by atoms with van der Waals surface area (Å²) in [6.45, 7) is 1.49. The van der Waals surface area contributed by atoms with Crippen molar-refractivity contribution in [2.45, 2.75) is 50.0 Å². The average Bonchev–Trinajstić information content (AvgIpc) is 2.44. The molecule has 1 aromatic rings. The van der Waals surface area contributed by atoms with Gasteiger partial charge >= 0.3 is 0 Å². The molecule has 3 N–H and O–H groups in total. The summed E-state index contributed by atoms with van der Waals surface area (Å²) >= 11 is 0. The normalized spacial score (nSPS) is 17.2. The van der Waals surface area contributed by atoms with E-state index in [0.29, 0.717) is 6.54 Å². The predicted octanol–water partition coefficient (Wildman–Crippen LogP) is 2.39. The second-order valence-electron chi connectivity index (χ2n) is 5.62. The first-order valence-electron chi connectivity index (χ1n) is 7.39. The maximum Gasteiger partial charge on any atom is 0.238 e. The van der Waals surface area contributed by atoms with Crippen molar-refractivity contribution in [2.75, 3.05) is 6.54 Å². The maximum atomic E-state index is 11.5. The van der Waals surface area contributed by atoms with Gasteiger partial charge in [-0.05, 0) is 30.5 Å². The molecule has 2 rings (SSSR count). The summed E-state index contributed by atoms with van der Waals surface area (Å²) in [5, 5.41) is 8.56. The molecule has 0 saturated heterocycles. The molecule has 0 aromatic heterocycles. The quantitative estimate of drug-likeness (QED) is 0.792. The van der Waals surface area contributed by atoms with E-state index in [1.54, 1.807) is 12.1 Å². The molecule has 0 unspecified atom stereocenters. The molecule has 1 aromatic carbocycles. The second-order valence-corrected chi connectivity index (χ2v) is 7.15. The largest absolute Gasteiger partial charge is 0.313 e. The van der Waals surface area contributed by atoms with Crippen molar-refractivity contribution >= 4 is 10.0 Å². The zero-order chi connectivity index (χ0) is 14.4. The van der Waals surface area contributed by atoms with E-state index < -0.39 is 10.0 Å². The van der Waals surface area contributed by atoms with Crippen LogP contribution in [-0.2, 0) is 16.6 Å². The minimum Gasteiger partial charge on any atom is -0.313 e. The zero-order valence-electron chi connectivity index (χ0n) is 11.8. The molecule has 1 aliphatic carbocycles. The van der Waals surface area contributed by atoms with E-state index >= 15 is 0 Å². The molecular weight excluding hydrogens is 272 g/mol. The van der Waals surface area contributed by atoms with Gasteiger partial charge in [-0.1, -0.05) is 50.3 Å². The highest BCUT2D eigenvalue weighted by Crippen LogP contribution is 2.25. The second kappa shape index (κ2) is 7.20. The first kappa shape index (κ1) is 15.5. The summed E-state index contributed by atoms with van der Waals surface area (Å²) in [7, 11) is -3.63. The molecule has 0 amide bonds. The molecule has 112 valence electrons. The third-order valence-corrected chi connectivity index (χ3v) is 5.06. The summed E-state index contributed by atoms with van der Waals surface area (Å²) in [6, 6.07) is 6.92. The molecular formula is C15H24N2O2S. The first-order valence-corrected chi connectivity index (χ1v) is 8.93. The van der Waals surface area contributed by atoms with Crippen molar-refractivity contribution in [3.05, 3.63) is 29.8 Å². The molecule has 1 saturated carbocycles. The first-order chi connectivity index (χ1) is 9.57. The lowest BCUT2D eigenvalue weighted by Crippen LogP contribution is -2.21. The van der Waals surface area contributed by atoms with E-state index in [-0.39, 0.29) is 4.90 Å². The number of hydrogen-bond acceptors (Lipinski definition) is 3. The van der Waals surface area contributed by atoms with Crippen LogP contribution in [0.15, 0.2) is 29.2 Å². The van der Waals surface area contributed by atoms with Crippen LogP contribution >= 0.6 is 0 Å². The Bertz CT molecular complexity index is 522. The Morgan fingerprint density at radius 3 is 2.55 bits per heavy atom. The standard InChI is InChI=1S/C15H24N2O2S/c16-20(18,19)15-9-5-4-8-14(15)12-17-11-10-13-6-2-1-3-7-13/h4-5,8-9,13,17H,1-3,6-7,10-12H2,(H2,16,18,19). The predicted molar refractivity (Wildman–Crippen MR) is 80.7 cm³/mol. The fourth-order valence-corrected chi connectivity index (χ4v) is 3.71. The number of sulfonamides is 1. The van der Waals surface area contributed by atoms with Gasteiger partial charge in [0, 0.05) is 6.54 Å². The van der Waals surface area contributed by atoms with Gasteiger partial charge in [0.1, 0.15) is 0 Å². The summed E-state index contributed by atoms with van der Waals surface area (Å²) in [5.41, 5.74) is 0.749. The molecule has 0 bridgehead atoms. The molecule has 4 nitrogen and oxygen atoms in total. The number of nitrogens with two attached hydrogens (primary N) is 1. The molecule has 0 heterocycles. The molecule has 0 atom stereocenters. The van der Waals surface area contributed by atoms with Gasteiger partial charge in [-0.25, -0.2) is 13.6 Å². The van der Waals surface area contributed by atoms with E-state index in [2.05, 4.69) is 5.32 Å². The Kier molecular flexibility index (Phi) is 5.57. The highest BCUT2D eigenvalue weighted by Gasteiger charge is 2.14. The highest BCUT2D eigenvalue weighted by molar-refractivity contribution is 7.89. The van der Waals surface area contributed by atoms with Crippen LogP contribution in [0, 0.1) is 5.92 Å². The molecule has 20 heavy (non-hydrogen) atoms. The van der Waals surface area contributed by atoms with Crippen LogP contribution in [-0.4, -0.2) is 15.0 Å². The van der Waals surface area contributed by atoms with Crippen LogP contribution in [0.1, 0.15) is 44.1 Å². The van der Waals surface area contributed by atoms with Gasteiger partial charge in [-0.3, -0.25) is 0 Å². The average molecular weight is 296 g/mol. The Labute approximate surface area is 121 Å². The van der Waals surface area contributed by atoms with Crippen molar-refractivity contribution < 1.29 is 8.42 Å². The topological polar surface area (TPSA) is 72.2 Å². The molecule has 5 heteroatoms.